The summed E-state index contributed by atoms with van der Waals surface area (Å²) in [5.41, 5.74) is -3.50. The van der Waals surface area contributed by atoms with Crippen molar-refractivity contribution in [2.24, 2.45) is 29.6 Å². The van der Waals surface area contributed by atoms with E-state index >= 15 is 0 Å². The summed E-state index contributed by atoms with van der Waals surface area (Å²) in [7, 11) is 5.08. The number of hydrogen-bond donors (Lipinski definition) is 3. The minimum Gasteiger partial charge on any atom is -0.390 e. The molecule has 0 saturated carbocycles. The molecular weight excluding hydrogens is 833 g/mol. The first kappa shape index (κ1) is 50.8. The van der Waals surface area contributed by atoms with Gasteiger partial charge in [0.2, 0.25) is 0 Å². The molecule has 7 rings (SSSR count). The molecule has 7 heterocycles. The van der Waals surface area contributed by atoms with Gasteiger partial charge in [0.05, 0.1) is 89.9 Å². The smallest absolute Gasteiger partial charge is 0.347 e. The van der Waals surface area contributed by atoms with E-state index < -0.39 is 76.4 Å². The van der Waals surface area contributed by atoms with Crippen molar-refractivity contribution in [2.75, 3.05) is 21.3 Å². The van der Waals surface area contributed by atoms with Gasteiger partial charge in [-0.3, -0.25) is 0 Å². The summed E-state index contributed by atoms with van der Waals surface area (Å²) in [6.45, 7) is 21.7. The van der Waals surface area contributed by atoms with Crippen molar-refractivity contribution >= 4 is 5.97 Å². The number of aliphatic hydroxyl groups excluding tert-OH is 1. The monoisotopic (exact) mass is 915 g/mol. The second-order valence-corrected chi connectivity index (χ2v) is 21.9. The molecule has 0 amide bonds. The molecule has 7 aliphatic rings. The van der Waals surface area contributed by atoms with Gasteiger partial charge in [-0.25, -0.2) is 4.79 Å². The van der Waals surface area contributed by atoms with Crippen molar-refractivity contribution in [3.63, 3.8) is 0 Å². The number of carbonyl (C=O) groups is 1. The SMILES string of the molecule is CO[C@H]1[C@H](C)C(C2CCC(C3(C)CCC(C4(C)CCC5(O4)O[C@](C)([C@H](C)C4O[C@H](C(C)C(=O)OO)C[C@@H](O)[C@@]4(C)O[C@H]4CC[C@H](OC)[C@@H](C)O4)C[C@@H](OC)[C@H]5C)O3)O2)O[C@](C)(O)[C@@H]1C. The first-order chi connectivity index (χ1) is 29.9. The zero-order chi connectivity index (χ0) is 46.9. The highest BCUT2D eigenvalue weighted by Crippen LogP contribution is 2.58. The van der Waals surface area contributed by atoms with E-state index in [1.54, 1.807) is 35.2 Å². The second kappa shape index (κ2) is 18.7. The molecule has 16 nitrogen and oxygen atoms in total. The topological polar surface area (TPSA) is 189 Å². The summed E-state index contributed by atoms with van der Waals surface area (Å²) >= 11 is 0. The van der Waals surface area contributed by atoms with Crippen LogP contribution in [0.25, 0.3) is 0 Å². The number of aliphatic hydroxyl groups is 2. The van der Waals surface area contributed by atoms with Gasteiger partial charge in [-0.1, -0.05) is 27.7 Å². The number of carbonyl (C=O) groups excluding carboxylic acids is 1. The third-order valence-corrected chi connectivity index (χ3v) is 17.8. The van der Waals surface area contributed by atoms with Gasteiger partial charge in [-0.2, -0.15) is 5.26 Å². The summed E-state index contributed by atoms with van der Waals surface area (Å²) in [6, 6.07) is 0. The average molecular weight is 915 g/mol. The molecule has 7 fully saturated rings. The van der Waals surface area contributed by atoms with Gasteiger partial charge in [0.15, 0.2) is 17.9 Å². The normalized spacial score (nSPS) is 53.4. The highest BCUT2D eigenvalue weighted by molar-refractivity contribution is 5.72. The lowest BCUT2D eigenvalue weighted by Gasteiger charge is -2.58. The highest BCUT2D eigenvalue weighted by Gasteiger charge is 2.66. The van der Waals surface area contributed by atoms with Gasteiger partial charge < -0.3 is 67.2 Å². The second-order valence-electron chi connectivity index (χ2n) is 21.9. The van der Waals surface area contributed by atoms with Crippen LogP contribution in [0.3, 0.4) is 0 Å². The fourth-order valence-corrected chi connectivity index (χ4v) is 12.9. The molecule has 0 aliphatic carbocycles. The Morgan fingerprint density at radius 3 is 2.09 bits per heavy atom. The Kier molecular flexibility index (Phi) is 14.8. The molecule has 64 heavy (non-hydrogen) atoms. The molecule has 16 heteroatoms. The Morgan fingerprint density at radius 2 is 1.45 bits per heavy atom. The van der Waals surface area contributed by atoms with Crippen molar-refractivity contribution in [1.82, 2.24) is 0 Å². The molecule has 7 aliphatic heterocycles. The Balaban J connectivity index is 1.09. The molecule has 0 aromatic carbocycles. The van der Waals surface area contributed by atoms with Crippen LogP contribution in [-0.4, -0.2) is 150 Å². The van der Waals surface area contributed by atoms with E-state index in [2.05, 4.69) is 32.6 Å². The molecule has 0 aromatic heterocycles. The van der Waals surface area contributed by atoms with E-state index in [4.69, 9.17) is 52.1 Å². The van der Waals surface area contributed by atoms with E-state index in [9.17, 15) is 20.3 Å². The first-order valence-electron chi connectivity index (χ1n) is 24.2. The Labute approximate surface area is 381 Å². The minimum atomic E-state index is -1.33. The molecule has 7 saturated heterocycles. The number of ether oxygens (including phenoxy) is 11. The average Bonchev–Trinajstić information content (AvgIpc) is 4.00. The summed E-state index contributed by atoms with van der Waals surface area (Å²) in [5, 5.41) is 32.6. The van der Waals surface area contributed by atoms with Crippen LogP contribution in [0.2, 0.25) is 0 Å². The van der Waals surface area contributed by atoms with Crippen molar-refractivity contribution in [1.29, 1.82) is 0 Å². The predicted molar refractivity (Wildman–Crippen MR) is 231 cm³/mol. The van der Waals surface area contributed by atoms with Crippen molar-refractivity contribution in [2.45, 2.75) is 248 Å². The van der Waals surface area contributed by atoms with Crippen molar-refractivity contribution in [3.05, 3.63) is 0 Å². The van der Waals surface area contributed by atoms with E-state index in [0.717, 1.165) is 32.1 Å². The number of hydrogen-bond acceptors (Lipinski definition) is 16. The van der Waals surface area contributed by atoms with Crippen LogP contribution >= 0.6 is 0 Å². The Morgan fingerprint density at radius 1 is 0.750 bits per heavy atom. The molecule has 0 radical (unpaired) electrons. The van der Waals surface area contributed by atoms with Crippen LogP contribution in [0.15, 0.2) is 0 Å². The van der Waals surface area contributed by atoms with Crippen LogP contribution in [-0.2, 0) is 61.8 Å². The number of rotatable bonds is 12. The fraction of sp³-hybridized carbons (Fsp3) is 0.979. The third kappa shape index (κ3) is 8.99. The van der Waals surface area contributed by atoms with Crippen LogP contribution in [0.1, 0.15) is 140 Å². The lowest BCUT2D eigenvalue weighted by molar-refractivity contribution is -0.384. The van der Waals surface area contributed by atoms with E-state index in [0.29, 0.717) is 25.7 Å². The molecule has 370 valence electrons. The van der Waals surface area contributed by atoms with Gasteiger partial charge in [0.1, 0.15) is 5.60 Å². The van der Waals surface area contributed by atoms with Crippen LogP contribution in [0.5, 0.6) is 0 Å². The van der Waals surface area contributed by atoms with E-state index in [1.807, 2.05) is 34.6 Å². The summed E-state index contributed by atoms with van der Waals surface area (Å²) < 4.78 is 72.8. The predicted octanol–water partition coefficient (Wildman–Crippen LogP) is 6.08. The van der Waals surface area contributed by atoms with Crippen LogP contribution in [0.4, 0.5) is 0 Å². The lowest BCUT2D eigenvalue weighted by Crippen LogP contribution is -2.69. The Hall–Kier alpha value is -1.09. The quantitative estimate of drug-likeness (QED) is 0.151. The zero-order valence-corrected chi connectivity index (χ0v) is 41.0. The van der Waals surface area contributed by atoms with Gasteiger partial charge in [0, 0.05) is 70.7 Å². The maximum Gasteiger partial charge on any atom is 0.347 e. The van der Waals surface area contributed by atoms with E-state index in [-0.39, 0.29) is 73.0 Å². The maximum absolute atomic E-state index is 12.7. The van der Waals surface area contributed by atoms with Crippen LogP contribution < -0.4 is 0 Å². The summed E-state index contributed by atoms with van der Waals surface area (Å²) in [5.74, 6) is -4.89. The molecule has 9 unspecified atom stereocenters. The molecule has 23 atom stereocenters. The van der Waals surface area contributed by atoms with Crippen LogP contribution in [0, 0.1) is 29.6 Å². The highest BCUT2D eigenvalue weighted by atomic mass is 17.1. The summed E-state index contributed by atoms with van der Waals surface area (Å²) in [6.07, 6.45) is 1.30. The fourth-order valence-electron chi connectivity index (χ4n) is 12.9. The molecular formula is C48H82O16. The molecule has 3 N–H and O–H groups in total. The maximum atomic E-state index is 12.7. The van der Waals surface area contributed by atoms with Gasteiger partial charge >= 0.3 is 5.97 Å². The van der Waals surface area contributed by atoms with Gasteiger partial charge in [-0.15, -0.1) is 0 Å². The molecule has 0 bridgehead atoms. The van der Waals surface area contributed by atoms with Crippen molar-refractivity contribution in [3.8, 4) is 0 Å². The number of methoxy groups -OCH3 is 3. The Bertz CT molecular complexity index is 1620. The standard InChI is InChI=1S/C48H82O16/c1-25(42(50)62-52)33-23-35(49)46(10,60-38-18-16-31(53-12)30(6)56-38)41(58-33)29(5)45(9)24-34(54-13)27(3)48(64-45)22-21-44(8,63-48)37-19-20-43(7,59-37)36-17-15-32(57-36)40-26(2)39(55-14)28(4)47(11,51)61-40/h25-41,49,51-52H,15-24H2,1-14H3/t25?,26-,27+,28+,29+,30+,31-,32?,33-,34+,35+,36?,37?,38-,39-,40?,41?,43?,44?,45-,46+,47-,48?/m0/s1. The lowest BCUT2D eigenvalue weighted by atomic mass is 9.69. The van der Waals surface area contributed by atoms with Crippen molar-refractivity contribution < 1.29 is 77.3 Å². The van der Waals surface area contributed by atoms with E-state index in [1.165, 1.54) is 0 Å². The largest absolute Gasteiger partial charge is 0.390 e. The van der Waals surface area contributed by atoms with Gasteiger partial charge in [-0.05, 0) is 87.0 Å². The summed E-state index contributed by atoms with van der Waals surface area (Å²) in [4.78, 5) is 16.8. The van der Waals surface area contributed by atoms with Gasteiger partial charge in [0.25, 0.3) is 0 Å². The minimum absolute atomic E-state index is 0.0304. The third-order valence-electron chi connectivity index (χ3n) is 17.8. The molecule has 0 aromatic rings. The molecule has 1 spiro atoms. The first-order valence-corrected chi connectivity index (χ1v) is 24.2. The zero-order valence-electron chi connectivity index (χ0n) is 41.0.